The highest BCUT2D eigenvalue weighted by atomic mass is 35.5. The van der Waals surface area contributed by atoms with Crippen LogP contribution in [0.2, 0.25) is 5.02 Å². The standard InChI is InChI=1S/C10H6ClNS2/c11-8-2-1-7-6(3-4-12)5-14-10(7)9(8)13/h1-2,5,13H,3H2. The van der Waals surface area contributed by atoms with Crippen molar-refractivity contribution in [1.29, 1.82) is 5.26 Å². The fourth-order valence-corrected chi connectivity index (χ4v) is 2.92. The van der Waals surface area contributed by atoms with Crippen LogP contribution >= 0.6 is 35.6 Å². The van der Waals surface area contributed by atoms with Crippen molar-refractivity contribution >= 4 is 45.7 Å². The normalized spacial score (nSPS) is 10.4. The van der Waals surface area contributed by atoms with E-state index in [1.807, 2.05) is 17.5 Å². The van der Waals surface area contributed by atoms with Crippen molar-refractivity contribution in [3.63, 3.8) is 0 Å². The summed E-state index contributed by atoms with van der Waals surface area (Å²) in [5.74, 6) is 0. The Balaban J connectivity index is 2.72. The molecular formula is C10H6ClNS2. The quantitative estimate of drug-likeness (QED) is 0.750. The van der Waals surface area contributed by atoms with Gasteiger partial charge in [0.2, 0.25) is 0 Å². The molecule has 0 unspecified atom stereocenters. The number of thiol groups is 1. The third-order valence-corrected chi connectivity index (χ3v) is 4.14. The second-order valence-corrected chi connectivity index (χ2v) is 4.60. The predicted octanol–water partition coefficient (Wildman–Crippen LogP) is 3.91. The molecule has 0 saturated carbocycles. The molecule has 1 aromatic heterocycles. The molecular weight excluding hydrogens is 234 g/mol. The first-order chi connectivity index (χ1) is 6.74. The molecule has 1 nitrogen and oxygen atoms in total. The minimum Gasteiger partial charge on any atom is -0.198 e. The zero-order valence-electron chi connectivity index (χ0n) is 7.12. The SMILES string of the molecule is N#CCc1csc2c(S)c(Cl)ccc12. The second kappa shape index (κ2) is 3.82. The van der Waals surface area contributed by atoms with E-state index in [0.717, 1.165) is 20.5 Å². The highest BCUT2D eigenvalue weighted by molar-refractivity contribution is 7.81. The number of nitriles is 1. The number of nitrogens with zero attached hydrogens (tertiary/aromatic N) is 1. The van der Waals surface area contributed by atoms with Gasteiger partial charge in [0.25, 0.3) is 0 Å². The maximum absolute atomic E-state index is 8.63. The first-order valence-electron chi connectivity index (χ1n) is 3.98. The van der Waals surface area contributed by atoms with Crippen LogP contribution in [-0.2, 0) is 6.42 Å². The van der Waals surface area contributed by atoms with Crippen molar-refractivity contribution in [2.45, 2.75) is 11.3 Å². The maximum atomic E-state index is 8.63. The lowest BCUT2D eigenvalue weighted by Crippen LogP contribution is -1.78. The van der Waals surface area contributed by atoms with Crippen LogP contribution < -0.4 is 0 Å². The number of hydrogen-bond donors (Lipinski definition) is 1. The van der Waals surface area contributed by atoms with Gasteiger partial charge < -0.3 is 0 Å². The molecule has 0 atom stereocenters. The zero-order chi connectivity index (χ0) is 10.1. The van der Waals surface area contributed by atoms with Crippen molar-refractivity contribution in [2.24, 2.45) is 0 Å². The Morgan fingerprint density at radius 2 is 2.29 bits per heavy atom. The summed E-state index contributed by atoms with van der Waals surface area (Å²) in [6.07, 6.45) is 0.439. The third kappa shape index (κ3) is 1.50. The van der Waals surface area contributed by atoms with Gasteiger partial charge in [-0.25, -0.2) is 0 Å². The average molecular weight is 240 g/mol. The summed E-state index contributed by atoms with van der Waals surface area (Å²) in [6.45, 7) is 0. The molecule has 2 rings (SSSR count). The summed E-state index contributed by atoms with van der Waals surface area (Å²) in [6, 6.07) is 5.91. The van der Waals surface area contributed by atoms with Gasteiger partial charge in [0.05, 0.1) is 17.5 Å². The highest BCUT2D eigenvalue weighted by Gasteiger charge is 2.08. The molecule has 0 amide bonds. The molecule has 14 heavy (non-hydrogen) atoms. The van der Waals surface area contributed by atoms with Gasteiger partial charge in [-0.3, -0.25) is 0 Å². The summed E-state index contributed by atoms with van der Waals surface area (Å²) < 4.78 is 1.06. The number of benzene rings is 1. The Hall–Kier alpha value is -0.690. The van der Waals surface area contributed by atoms with E-state index >= 15 is 0 Å². The molecule has 0 radical (unpaired) electrons. The maximum Gasteiger partial charge on any atom is 0.0670 e. The van der Waals surface area contributed by atoms with Gasteiger partial charge in [0.15, 0.2) is 0 Å². The van der Waals surface area contributed by atoms with Crippen molar-refractivity contribution < 1.29 is 0 Å². The Morgan fingerprint density at radius 3 is 3.00 bits per heavy atom. The van der Waals surface area contributed by atoms with E-state index in [-0.39, 0.29) is 0 Å². The monoisotopic (exact) mass is 239 g/mol. The summed E-state index contributed by atoms with van der Waals surface area (Å²) in [5.41, 5.74) is 1.06. The molecule has 1 heterocycles. The van der Waals surface area contributed by atoms with Crippen LogP contribution in [-0.4, -0.2) is 0 Å². The van der Waals surface area contributed by atoms with Gasteiger partial charge in [-0.2, -0.15) is 5.26 Å². The number of fused-ring (bicyclic) bond motifs is 1. The van der Waals surface area contributed by atoms with Crippen LogP contribution in [0.1, 0.15) is 5.56 Å². The molecule has 0 N–H and O–H groups in total. The Bertz CT molecular complexity index is 525. The van der Waals surface area contributed by atoms with Gasteiger partial charge in [0, 0.05) is 9.60 Å². The predicted molar refractivity (Wildman–Crippen MR) is 63.4 cm³/mol. The highest BCUT2D eigenvalue weighted by Crippen LogP contribution is 2.35. The fraction of sp³-hybridized carbons (Fsp3) is 0.100. The molecule has 0 saturated heterocycles. The van der Waals surface area contributed by atoms with Crippen molar-refractivity contribution in [2.75, 3.05) is 0 Å². The Morgan fingerprint density at radius 1 is 1.50 bits per heavy atom. The van der Waals surface area contributed by atoms with Gasteiger partial charge in [-0.15, -0.1) is 24.0 Å². The van der Waals surface area contributed by atoms with E-state index in [9.17, 15) is 0 Å². The van der Waals surface area contributed by atoms with Crippen LogP contribution in [0.4, 0.5) is 0 Å². The molecule has 0 aliphatic rings. The number of halogens is 1. The lowest BCUT2D eigenvalue weighted by Gasteiger charge is -1.98. The van der Waals surface area contributed by atoms with Crippen molar-refractivity contribution in [3.05, 3.63) is 28.1 Å². The second-order valence-electron chi connectivity index (χ2n) is 2.87. The van der Waals surface area contributed by atoms with Crippen LogP contribution in [0, 0.1) is 11.3 Å². The molecule has 2 aromatic rings. The van der Waals surface area contributed by atoms with Crippen molar-refractivity contribution in [1.82, 2.24) is 0 Å². The number of rotatable bonds is 1. The number of thiophene rings is 1. The molecule has 4 heteroatoms. The minimum atomic E-state index is 0.439. The molecule has 0 aliphatic heterocycles. The topological polar surface area (TPSA) is 23.8 Å². The molecule has 0 spiro atoms. The lowest BCUT2D eigenvalue weighted by atomic mass is 10.1. The first-order valence-corrected chi connectivity index (χ1v) is 5.69. The summed E-state index contributed by atoms with van der Waals surface area (Å²) in [5, 5.41) is 12.4. The Kier molecular flexibility index (Phi) is 2.69. The van der Waals surface area contributed by atoms with E-state index in [1.165, 1.54) is 0 Å². The molecule has 0 aliphatic carbocycles. The van der Waals surface area contributed by atoms with E-state index in [4.69, 9.17) is 16.9 Å². The fourth-order valence-electron chi connectivity index (χ4n) is 1.33. The molecule has 1 aromatic carbocycles. The summed E-state index contributed by atoms with van der Waals surface area (Å²) >= 11 is 11.9. The van der Waals surface area contributed by atoms with Crippen molar-refractivity contribution in [3.8, 4) is 6.07 Å². The number of hydrogen-bond acceptors (Lipinski definition) is 3. The lowest BCUT2D eigenvalue weighted by molar-refractivity contribution is 1.30. The first kappa shape index (κ1) is 9.85. The zero-order valence-corrected chi connectivity index (χ0v) is 9.59. The average Bonchev–Trinajstić information content (AvgIpc) is 2.57. The Labute approximate surface area is 96.3 Å². The van der Waals surface area contributed by atoms with Gasteiger partial charge in [-0.1, -0.05) is 17.7 Å². The minimum absolute atomic E-state index is 0.439. The smallest absolute Gasteiger partial charge is 0.0670 e. The van der Waals surface area contributed by atoms with E-state index in [0.29, 0.717) is 11.4 Å². The van der Waals surface area contributed by atoms with Crippen LogP contribution in [0.15, 0.2) is 22.4 Å². The molecule has 0 bridgehead atoms. The van der Waals surface area contributed by atoms with Gasteiger partial charge in [0.1, 0.15) is 0 Å². The molecule has 70 valence electrons. The van der Waals surface area contributed by atoms with Gasteiger partial charge in [-0.05, 0) is 22.4 Å². The van der Waals surface area contributed by atoms with Crippen LogP contribution in [0.5, 0.6) is 0 Å². The van der Waals surface area contributed by atoms with E-state index in [1.54, 1.807) is 11.3 Å². The van der Waals surface area contributed by atoms with E-state index < -0.39 is 0 Å². The largest absolute Gasteiger partial charge is 0.198 e. The summed E-state index contributed by atoms with van der Waals surface area (Å²) in [4.78, 5) is 0.804. The van der Waals surface area contributed by atoms with Crippen LogP contribution in [0.25, 0.3) is 10.1 Å². The third-order valence-electron chi connectivity index (χ3n) is 2.02. The van der Waals surface area contributed by atoms with E-state index in [2.05, 4.69) is 18.7 Å². The summed E-state index contributed by atoms with van der Waals surface area (Å²) in [7, 11) is 0. The van der Waals surface area contributed by atoms with Crippen LogP contribution in [0.3, 0.4) is 0 Å². The van der Waals surface area contributed by atoms with Gasteiger partial charge >= 0.3 is 0 Å². The molecule has 0 fully saturated rings.